The Bertz CT molecular complexity index is 199. The van der Waals surface area contributed by atoms with Crippen LogP contribution in [-0.2, 0) is 19.0 Å². The van der Waals surface area contributed by atoms with Gasteiger partial charge in [0.05, 0.1) is 12.7 Å². The van der Waals surface area contributed by atoms with Gasteiger partial charge in [0.15, 0.2) is 6.10 Å². The van der Waals surface area contributed by atoms with Gasteiger partial charge in [-0.3, -0.25) is 0 Å². The summed E-state index contributed by atoms with van der Waals surface area (Å²) in [6, 6.07) is 0. The van der Waals surface area contributed by atoms with Gasteiger partial charge in [0.2, 0.25) is 0 Å². The van der Waals surface area contributed by atoms with E-state index >= 15 is 0 Å². The maximum Gasteiger partial charge on any atom is 0.335 e. The fourth-order valence-corrected chi connectivity index (χ4v) is 1.78. The molecule has 0 saturated carbocycles. The van der Waals surface area contributed by atoms with Crippen LogP contribution >= 0.6 is 0 Å². The van der Waals surface area contributed by atoms with Crippen molar-refractivity contribution < 1.29 is 19.0 Å². The van der Waals surface area contributed by atoms with E-state index < -0.39 is 6.10 Å². The highest BCUT2D eigenvalue weighted by molar-refractivity contribution is 5.74. The van der Waals surface area contributed by atoms with E-state index in [-0.39, 0.29) is 12.1 Å². The van der Waals surface area contributed by atoms with Crippen molar-refractivity contribution in [2.45, 2.75) is 51.7 Å². The maximum absolute atomic E-state index is 11.6. The highest BCUT2D eigenvalue weighted by atomic mass is 16.6. The largest absolute Gasteiger partial charge is 0.464 e. The van der Waals surface area contributed by atoms with Gasteiger partial charge in [0.1, 0.15) is 0 Å². The number of rotatable bonds is 6. The summed E-state index contributed by atoms with van der Waals surface area (Å²) in [5.41, 5.74) is 0. The topological polar surface area (TPSA) is 44.8 Å². The summed E-state index contributed by atoms with van der Waals surface area (Å²) < 4.78 is 16.0. The first kappa shape index (κ1) is 13.5. The van der Waals surface area contributed by atoms with Gasteiger partial charge in [-0.1, -0.05) is 13.3 Å². The first-order valence-electron chi connectivity index (χ1n) is 6.17. The van der Waals surface area contributed by atoms with Gasteiger partial charge in [-0.15, -0.1) is 0 Å². The third kappa shape index (κ3) is 4.49. The first-order chi connectivity index (χ1) is 7.77. The smallest absolute Gasteiger partial charge is 0.335 e. The predicted molar refractivity (Wildman–Crippen MR) is 60.3 cm³/mol. The van der Waals surface area contributed by atoms with Gasteiger partial charge >= 0.3 is 5.97 Å². The zero-order chi connectivity index (χ0) is 11.8. The molecule has 0 radical (unpaired) electrons. The minimum atomic E-state index is -0.395. The molecule has 0 N–H and O–H groups in total. The quantitative estimate of drug-likeness (QED) is 0.654. The van der Waals surface area contributed by atoms with E-state index in [4.69, 9.17) is 14.2 Å². The highest BCUT2D eigenvalue weighted by Gasteiger charge is 2.25. The van der Waals surface area contributed by atoms with Gasteiger partial charge in [-0.2, -0.15) is 0 Å². The molecule has 0 amide bonds. The molecule has 0 spiro atoms. The summed E-state index contributed by atoms with van der Waals surface area (Å²) in [4.78, 5) is 11.6. The summed E-state index contributed by atoms with van der Waals surface area (Å²) in [7, 11) is 0. The second-order valence-corrected chi connectivity index (χ2v) is 3.98. The Kier molecular flexibility index (Phi) is 6.42. The van der Waals surface area contributed by atoms with E-state index in [9.17, 15) is 4.79 Å². The van der Waals surface area contributed by atoms with E-state index in [2.05, 4.69) is 0 Å². The Morgan fingerprint density at radius 1 is 1.38 bits per heavy atom. The molecule has 1 fully saturated rings. The molecule has 4 nitrogen and oxygen atoms in total. The lowest BCUT2D eigenvalue weighted by molar-refractivity contribution is -0.164. The van der Waals surface area contributed by atoms with E-state index in [0.717, 1.165) is 38.9 Å². The maximum atomic E-state index is 11.6. The Labute approximate surface area is 97.2 Å². The third-order valence-electron chi connectivity index (χ3n) is 2.63. The first-order valence-corrected chi connectivity index (χ1v) is 6.17. The van der Waals surface area contributed by atoms with E-state index in [1.165, 1.54) is 0 Å². The standard InChI is InChI=1S/C12H22O4/c1-3-5-11(12(13)15-4-2)16-10-6-8-14-9-7-10/h10-11H,3-9H2,1-2H3. The second kappa shape index (κ2) is 7.63. The molecule has 1 heterocycles. The number of carbonyl (C=O) groups excluding carboxylic acids is 1. The van der Waals surface area contributed by atoms with Gasteiger partial charge in [-0.25, -0.2) is 4.79 Å². The molecule has 1 aliphatic rings. The van der Waals surface area contributed by atoms with E-state index in [1.54, 1.807) is 0 Å². The zero-order valence-corrected chi connectivity index (χ0v) is 10.2. The molecule has 0 aromatic rings. The molecule has 94 valence electrons. The molecule has 1 saturated heterocycles. The number of hydrogen-bond donors (Lipinski definition) is 0. The lowest BCUT2D eigenvalue weighted by Gasteiger charge is -2.26. The second-order valence-electron chi connectivity index (χ2n) is 3.98. The molecular weight excluding hydrogens is 208 g/mol. The molecule has 1 aliphatic heterocycles. The molecule has 1 rings (SSSR count). The molecule has 1 unspecified atom stereocenters. The van der Waals surface area contributed by atoms with Crippen LogP contribution < -0.4 is 0 Å². The summed E-state index contributed by atoms with van der Waals surface area (Å²) >= 11 is 0. The number of esters is 1. The minimum absolute atomic E-state index is 0.148. The van der Waals surface area contributed by atoms with Crippen molar-refractivity contribution in [2.75, 3.05) is 19.8 Å². The van der Waals surface area contributed by atoms with Crippen molar-refractivity contribution in [3.63, 3.8) is 0 Å². The molecule has 0 aliphatic carbocycles. The molecule has 0 aromatic heterocycles. The normalized spacial score (nSPS) is 19.4. The SMILES string of the molecule is CCCC(OC1CCOCC1)C(=O)OCC. The van der Waals surface area contributed by atoms with E-state index in [1.807, 2.05) is 13.8 Å². The summed E-state index contributed by atoms with van der Waals surface area (Å²) in [6.45, 7) is 5.73. The average Bonchev–Trinajstić information content (AvgIpc) is 2.30. The van der Waals surface area contributed by atoms with Crippen molar-refractivity contribution in [3.8, 4) is 0 Å². The van der Waals surface area contributed by atoms with Crippen LogP contribution in [0.5, 0.6) is 0 Å². The monoisotopic (exact) mass is 230 g/mol. The Morgan fingerprint density at radius 3 is 2.62 bits per heavy atom. The van der Waals surface area contributed by atoms with Crippen molar-refractivity contribution in [1.29, 1.82) is 0 Å². The average molecular weight is 230 g/mol. The number of carbonyl (C=O) groups is 1. The summed E-state index contributed by atoms with van der Waals surface area (Å²) in [6.07, 6.45) is 3.16. The minimum Gasteiger partial charge on any atom is -0.464 e. The van der Waals surface area contributed by atoms with Crippen LogP contribution in [0, 0.1) is 0 Å². The lowest BCUT2D eigenvalue weighted by atomic mass is 10.1. The van der Waals surface area contributed by atoms with E-state index in [0.29, 0.717) is 6.61 Å². The van der Waals surface area contributed by atoms with Gasteiger partial charge in [-0.05, 0) is 26.2 Å². The molecule has 4 heteroatoms. The van der Waals surface area contributed by atoms with Crippen molar-refractivity contribution >= 4 is 5.97 Å². The van der Waals surface area contributed by atoms with Gasteiger partial charge in [0.25, 0.3) is 0 Å². The fraction of sp³-hybridized carbons (Fsp3) is 0.917. The van der Waals surface area contributed by atoms with Crippen LogP contribution in [0.25, 0.3) is 0 Å². The Morgan fingerprint density at radius 2 is 2.06 bits per heavy atom. The summed E-state index contributed by atoms with van der Waals surface area (Å²) in [5, 5.41) is 0. The van der Waals surface area contributed by atoms with Crippen molar-refractivity contribution in [1.82, 2.24) is 0 Å². The number of ether oxygens (including phenoxy) is 3. The molecule has 0 aromatic carbocycles. The lowest BCUT2D eigenvalue weighted by Crippen LogP contribution is -2.34. The number of hydrogen-bond acceptors (Lipinski definition) is 4. The van der Waals surface area contributed by atoms with Crippen LogP contribution in [0.15, 0.2) is 0 Å². The van der Waals surface area contributed by atoms with Crippen LogP contribution in [0.4, 0.5) is 0 Å². The summed E-state index contributed by atoms with van der Waals surface area (Å²) in [5.74, 6) is -0.226. The Hall–Kier alpha value is -0.610. The zero-order valence-electron chi connectivity index (χ0n) is 10.2. The highest BCUT2D eigenvalue weighted by Crippen LogP contribution is 2.16. The molecule has 0 bridgehead atoms. The third-order valence-corrected chi connectivity index (χ3v) is 2.63. The van der Waals surface area contributed by atoms with Crippen molar-refractivity contribution in [3.05, 3.63) is 0 Å². The molecular formula is C12H22O4. The molecule has 16 heavy (non-hydrogen) atoms. The van der Waals surface area contributed by atoms with Crippen LogP contribution in [0.1, 0.15) is 39.5 Å². The predicted octanol–water partition coefficient (Wildman–Crippen LogP) is 1.91. The van der Waals surface area contributed by atoms with Gasteiger partial charge in [0, 0.05) is 13.2 Å². The molecule has 1 atom stereocenters. The fourth-order valence-electron chi connectivity index (χ4n) is 1.78. The van der Waals surface area contributed by atoms with Gasteiger partial charge < -0.3 is 14.2 Å². The Balaban J connectivity index is 2.39. The van der Waals surface area contributed by atoms with Crippen molar-refractivity contribution in [2.24, 2.45) is 0 Å². The van der Waals surface area contributed by atoms with Crippen LogP contribution in [0.3, 0.4) is 0 Å². The van der Waals surface area contributed by atoms with Crippen LogP contribution in [-0.4, -0.2) is 38.0 Å². The van der Waals surface area contributed by atoms with Crippen LogP contribution in [0.2, 0.25) is 0 Å².